The molecule has 0 heterocycles. The van der Waals surface area contributed by atoms with Crippen LogP contribution < -0.4 is 0 Å². The van der Waals surface area contributed by atoms with E-state index in [1.54, 1.807) is 97.1 Å². The Hall–Kier alpha value is -3.59. The Morgan fingerprint density at radius 3 is 0.703 bits per heavy atom. The molecule has 184 valence electrons. The van der Waals surface area contributed by atoms with E-state index in [9.17, 15) is 19.2 Å². The molecule has 0 radical (unpaired) electrons. The Balaban J connectivity index is 0.000000648. The molecule has 37 heavy (non-hydrogen) atoms. The molecule has 4 rings (SSSR count). The molecular formula is C30H25LaO6. The second-order valence-electron chi connectivity index (χ2n) is 7.21. The third kappa shape index (κ3) is 10.9. The predicted molar refractivity (Wildman–Crippen MR) is 137 cm³/mol. The van der Waals surface area contributed by atoms with Gasteiger partial charge in [0, 0.05) is 0 Å². The van der Waals surface area contributed by atoms with E-state index < -0.39 is 0 Å². The Morgan fingerprint density at radius 2 is 0.541 bits per heavy atom. The molecule has 4 aromatic carbocycles. The smallest absolute Gasteiger partial charge is 0.870 e. The minimum absolute atomic E-state index is 0. The van der Waals surface area contributed by atoms with Crippen molar-refractivity contribution in [2.24, 2.45) is 0 Å². The van der Waals surface area contributed by atoms with Crippen LogP contribution >= 0.6 is 0 Å². The van der Waals surface area contributed by atoms with Gasteiger partial charge in [0.2, 0.25) is 0 Å². The fourth-order valence-electron chi connectivity index (χ4n) is 2.98. The molecule has 3 N–H and O–H groups in total. The van der Waals surface area contributed by atoms with Crippen molar-refractivity contribution >= 4 is 23.1 Å². The fourth-order valence-corrected chi connectivity index (χ4v) is 2.98. The third-order valence-corrected chi connectivity index (χ3v) is 4.76. The van der Waals surface area contributed by atoms with Crippen LogP contribution in [-0.4, -0.2) is 34.1 Å². The van der Waals surface area contributed by atoms with E-state index in [1.165, 1.54) is 0 Å². The summed E-state index contributed by atoms with van der Waals surface area (Å²) in [6, 6.07) is 35.0. The summed E-state index contributed by atoms with van der Waals surface area (Å²) in [5, 5.41) is 0. The van der Waals surface area contributed by atoms with Crippen molar-refractivity contribution in [1.29, 1.82) is 0 Å². The number of hydrogen-bond donors (Lipinski definition) is 0. The zero-order chi connectivity index (χ0) is 24.2. The Bertz CT molecular complexity index is 1040. The summed E-state index contributed by atoms with van der Waals surface area (Å²) < 4.78 is 0. The summed E-state index contributed by atoms with van der Waals surface area (Å²) in [7, 11) is 0. The summed E-state index contributed by atoms with van der Waals surface area (Å²) >= 11 is 0. The number of hydrogen-bond acceptors (Lipinski definition) is 5. The van der Waals surface area contributed by atoms with Crippen molar-refractivity contribution in [3.8, 4) is 0 Å². The second kappa shape index (κ2) is 17.8. The molecule has 0 atom stereocenters. The zero-order valence-electron chi connectivity index (χ0n) is 19.9. The van der Waals surface area contributed by atoms with E-state index in [2.05, 4.69) is 0 Å². The van der Waals surface area contributed by atoms with Crippen molar-refractivity contribution < 1.29 is 65.7 Å². The third-order valence-electron chi connectivity index (χ3n) is 4.76. The van der Waals surface area contributed by atoms with E-state index in [0.717, 1.165) is 12.8 Å². The molecule has 0 amide bonds. The maximum absolute atomic E-state index is 11.8. The van der Waals surface area contributed by atoms with E-state index in [4.69, 9.17) is 0 Å². The van der Waals surface area contributed by atoms with Crippen molar-refractivity contribution in [2.45, 2.75) is 0 Å². The van der Waals surface area contributed by atoms with E-state index >= 15 is 0 Å². The zero-order valence-corrected chi connectivity index (χ0v) is 23.5. The van der Waals surface area contributed by atoms with Crippen LogP contribution in [0.2, 0.25) is 0 Å². The Kier molecular flexibility index (Phi) is 16.1. The largest absolute Gasteiger partial charge is 3.00 e. The summed E-state index contributed by atoms with van der Waals surface area (Å²) in [6.45, 7) is 0. The maximum atomic E-state index is 11.8. The van der Waals surface area contributed by atoms with Gasteiger partial charge in [-0.3, -0.25) is 0 Å². The van der Waals surface area contributed by atoms with Gasteiger partial charge in [0.05, 0.1) is 23.1 Å². The van der Waals surface area contributed by atoms with E-state index in [0.29, 0.717) is 22.3 Å². The van der Waals surface area contributed by atoms with Crippen LogP contribution in [0.5, 0.6) is 0 Å². The molecule has 0 fully saturated rings. The van der Waals surface area contributed by atoms with Crippen LogP contribution in [0.15, 0.2) is 121 Å². The molecule has 0 aliphatic rings. The molecule has 7 heteroatoms. The van der Waals surface area contributed by atoms with Crippen molar-refractivity contribution in [1.82, 2.24) is 0 Å². The number of rotatable bonds is 8. The first-order valence-corrected chi connectivity index (χ1v) is 10.6. The van der Waals surface area contributed by atoms with Gasteiger partial charge >= 0.3 is 35.6 Å². The minimum atomic E-state index is -0.264. The van der Waals surface area contributed by atoms with Crippen molar-refractivity contribution in [3.05, 3.63) is 156 Å². The summed E-state index contributed by atoms with van der Waals surface area (Å²) in [6.07, 6.45) is 2.26. The topological polar surface area (TPSA) is 130 Å². The van der Waals surface area contributed by atoms with Crippen molar-refractivity contribution in [2.75, 3.05) is 0 Å². The maximum Gasteiger partial charge on any atom is 3.00 e. The predicted octanol–water partition coefficient (Wildman–Crippen LogP) is 4.91. The Labute approximate surface area is 244 Å². The quantitative estimate of drug-likeness (QED) is 0.157. The number of Topliss-reactive ketones (excluding diaryl/α,β-unsaturated/α-hetero) is 4. The normalized spacial score (nSPS) is 8.86. The van der Waals surface area contributed by atoms with E-state index in [1.807, 2.05) is 24.3 Å². The summed E-state index contributed by atoms with van der Waals surface area (Å²) in [4.78, 5) is 47.0. The summed E-state index contributed by atoms with van der Waals surface area (Å²) in [5.74, 6) is -1.06. The van der Waals surface area contributed by atoms with Gasteiger partial charge in [-0.15, -0.1) is 48.5 Å². The summed E-state index contributed by atoms with van der Waals surface area (Å²) in [5.41, 5.74) is 2.10. The molecule has 0 aliphatic carbocycles. The number of benzene rings is 4. The molecule has 4 aromatic rings. The van der Waals surface area contributed by atoms with Gasteiger partial charge in [-0.1, -0.05) is 108 Å². The monoisotopic (exact) mass is 620 g/mol. The number of carbonyl (C=O) groups is 4. The molecule has 0 saturated carbocycles. The molecule has 0 bridgehead atoms. The fraction of sp³-hybridized carbons (Fsp3) is 0. The van der Waals surface area contributed by atoms with Crippen LogP contribution in [0.25, 0.3) is 0 Å². The molecule has 0 saturated heterocycles. The second-order valence-corrected chi connectivity index (χ2v) is 7.21. The van der Waals surface area contributed by atoms with Gasteiger partial charge in [0.15, 0.2) is 0 Å². The molecule has 0 aliphatic heterocycles. The number of ketones is 4. The first kappa shape index (κ1) is 33.4. The van der Waals surface area contributed by atoms with Gasteiger partial charge in [0.25, 0.3) is 0 Å². The molecular weight excluding hydrogens is 595 g/mol. The minimum Gasteiger partial charge on any atom is -0.870 e. The first-order valence-electron chi connectivity index (χ1n) is 10.6. The van der Waals surface area contributed by atoms with Crippen LogP contribution in [0.4, 0.5) is 0 Å². The first-order chi connectivity index (χ1) is 16.5. The van der Waals surface area contributed by atoms with Gasteiger partial charge in [0.1, 0.15) is 0 Å². The SMILES string of the molecule is O.O=C([CH-]C(=O)c1ccccc1)c1ccccc1.O=C([CH-]C(=O)c1ccccc1)c1ccccc1.[La+3].[OH-]. The van der Waals surface area contributed by atoms with Gasteiger partial charge in [-0.2, -0.15) is 0 Å². The van der Waals surface area contributed by atoms with Crippen LogP contribution in [-0.2, 0) is 0 Å². The van der Waals surface area contributed by atoms with Gasteiger partial charge in [-0.25, -0.2) is 0 Å². The average Bonchev–Trinajstić information content (AvgIpc) is 2.91. The van der Waals surface area contributed by atoms with Crippen LogP contribution in [0.3, 0.4) is 0 Å². The standard InChI is InChI=1S/2C15H11O2.La.2H2O/c2*16-14(12-7-3-1-4-8-12)11-15(17)13-9-5-2-6-10-13;;;/h2*1-11H;;2*1H2/q2*-1;+3;;/p-1. The van der Waals surface area contributed by atoms with Gasteiger partial charge in [-0.05, 0) is 0 Å². The molecule has 0 aromatic heterocycles. The van der Waals surface area contributed by atoms with Crippen LogP contribution in [0, 0.1) is 48.4 Å². The van der Waals surface area contributed by atoms with Gasteiger partial charge < -0.3 is 30.1 Å². The average molecular weight is 620 g/mol. The molecule has 6 nitrogen and oxygen atoms in total. The number of carbonyl (C=O) groups excluding carboxylic acids is 4. The van der Waals surface area contributed by atoms with E-state index in [-0.39, 0.29) is 69.7 Å². The van der Waals surface area contributed by atoms with Crippen molar-refractivity contribution in [3.63, 3.8) is 0 Å². The Morgan fingerprint density at radius 1 is 0.378 bits per heavy atom. The molecule has 0 unspecified atom stereocenters. The molecule has 0 spiro atoms. The van der Waals surface area contributed by atoms with Crippen LogP contribution in [0.1, 0.15) is 41.4 Å².